The molecule has 0 aliphatic carbocycles. The summed E-state index contributed by atoms with van der Waals surface area (Å²) in [7, 11) is 0. The fourth-order valence-electron chi connectivity index (χ4n) is 2.35. The molecule has 1 aromatic heterocycles. The SMILES string of the molecule is CCOc1ccc(NC(=O)Cc2cc(-c3ccccc3F)on2)cc1. The number of benzene rings is 2. The molecule has 0 spiro atoms. The van der Waals surface area contributed by atoms with Crippen molar-refractivity contribution in [2.24, 2.45) is 0 Å². The second-order valence-electron chi connectivity index (χ2n) is 5.34. The van der Waals surface area contributed by atoms with Crippen LogP contribution in [0.4, 0.5) is 10.1 Å². The van der Waals surface area contributed by atoms with Gasteiger partial charge in [-0.25, -0.2) is 4.39 Å². The lowest BCUT2D eigenvalue weighted by molar-refractivity contribution is -0.115. The normalized spacial score (nSPS) is 10.5. The highest BCUT2D eigenvalue weighted by molar-refractivity contribution is 5.92. The highest BCUT2D eigenvalue weighted by Crippen LogP contribution is 2.23. The summed E-state index contributed by atoms with van der Waals surface area (Å²) >= 11 is 0. The average molecular weight is 340 g/mol. The molecule has 5 nitrogen and oxygen atoms in total. The molecule has 3 rings (SSSR count). The maximum Gasteiger partial charge on any atom is 0.230 e. The van der Waals surface area contributed by atoms with Crippen LogP contribution >= 0.6 is 0 Å². The largest absolute Gasteiger partial charge is 0.494 e. The minimum Gasteiger partial charge on any atom is -0.494 e. The molecule has 3 aromatic rings. The molecule has 0 aliphatic rings. The van der Waals surface area contributed by atoms with Crippen molar-refractivity contribution < 1.29 is 18.4 Å². The number of rotatable bonds is 6. The molecule has 0 unspecified atom stereocenters. The van der Waals surface area contributed by atoms with Crippen molar-refractivity contribution in [2.45, 2.75) is 13.3 Å². The second-order valence-corrected chi connectivity index (χ2v) is 5.34. The van der Waals surface area contributed by atoms with E-state index in [1.54, 1.807) is 48.5 Å². The van der Waals surface area contributed by atoms with Gasteiger partial charge in [0.2, 0.25) is 5.91 Å². The van der Waals surface area contributed by atoms with E-state index in [-0.39, 0.29) is 12.3 Å². The van der Waals surface area contributed by atoms with Crippen LogP contribution in [0.5, 0.6) is 5.75 Å². The highest BCUT2D eigenvalue weighted by atomic mass is 19.1. The van der Waals surface area contributed by atoms with Crippen molar-refractivity contribution in [3.8, 4) is 17.1 Å². The van der Waals surface area contributed by atoms with Gasteiger partial charge in [-0.1, -0.05) is 17.3 Å². The van der Waals surface area contributed by atoms with Crippen molar-refractivity contribution in [2.75, 3.05) is 11.9 Å². The van der Waals surface area contributed by atoms with Gasteiger partial charge in [-0.3, -0.25) is 4.79 Å². The lowest BCUT2D eigenvalue weighted by Crippen LogP contribution is -2.14. The highest BCUT2D eigenvalue weighted by Gasteiger charge is 2.13. The Balaban J connectivity index is 1.63. The predicted molar refractivity (Wildman–Crippen MR) is 91.8 cm³/mol. The van der Waals surface area contributed by atoms with Crippen LogP contribution in [0, 0.1) is 5.82 Å². The van der Waals surface area contributed by atoms with Crippen LogP contribution in [0.2, 0.25) is 0 Å². The topological polar surface area (TPSA) is 64.4 Å². The fourth-order valence-corrected chi connectivity index (χ4v) is 2.35. The van der Waals surface area contributed by atoms with Gasteiger partial charge in [-0.2, -0.15) is 0 Å². The Hall–Kier alpha value is -3.15. The van der Waals surface area contributed by atoms with Gasteiger partial charge in [0.25, 0.3) is 0 Å². The van der Waals surface area contributed by atoms with Crippen molar-refractivity contribution in [1.82, 2.24) is 5.16 Å². The van der Waals surface area contributed by atoms with Gasteiger partial charge in [-0.05, 0) is 43.3 Å². The van der Waals surface area contributed by atoms with Gasteiger partial charge in [-0.15, -0.1) is 0 Å². The fraction of sp³-hybridized carbons (Fsp3) is 0.158. The molecule has 128 valence electrons. The summed E-state index contributed by atoms with van der Waals surface area (Å²) in [6.45, 7) is 2.49. The first kappa shape index (κ1) is 16.7. The van der Waals surface area contributed by atoms with Crippen LogP contribution in [-0.4, -0.2) is 17.7 Å². The van der Waals surface area contributed by atoms with E-state index in [1.165, 1.54) is 6.07 Å². The standard InChI is InChI=1S/C19H17FN2O3/c1-2-24-15-9-7-13(8-10-15)21-19(23)12-14-11-18(25-22-14)16-5-3-4-6-17(16)20/h3-11H,2,12H2,1H3,(H,21,23). The Kier molecular flexibility index (Phi) is 5.09. The van der Waals surface area contributed by atoms with Crippen LogP contribution in [-0.2, 0) is 11.2 Å². The average Bonchev–Trinajstić information content (AvgIpc) is 3.05. The lowest BCUT2D eigenvalue weighted by Gasteiger charge is -2.06. The zero-order chi connectivity index (χ0) is 17.6. The lowest BCUT2D eigenvalue weighted by atomic mass is 10.1. The van der Waals surface area contributed by atoms with Gasteiger partial charge in [0.1, 0.15) is 11.6 Å². The summed E-state index contributed by atoms with van der Waals surface area (Å²) in [6.07, 6.45) is 0.0329. The summed E-state index contributed by atoms with van der Waals surface area (Å²) in [5, 5.41) is 6.60. The van der Waals surface area contributed by atoms with Crippen molar-refractivity contribution >= 4 is 11.6 Å². The van der Waals surface area contributed by atoms with Gasteiger partial charge in [0.15, 0.2) is 5.76 Å². The summed E-state index contributed by atoms with van der Waals surface area (Å²) in [5.74, 6) is 0.398. The third-order valence-electron chi connectivity index (χ3n) is 3.49. The van der Waals surface area contributed by atoms with E-state index in [0.717, 1.165) is 5.75 Å². The number of hydrogen-bond donors (Lipinski definition) is 1. The molecule has 1 amide bonds. The number of hydrogen-bond acceptors (Lipinski definition) is 4. The first-order valence-corrected chi connectivity index (χ1v) is 7.89. The maximum absolute atomic E-state index is 13.7. The van der Waals surface area contributed by atoms with E-state index in [1.807, 2.05) is 6.92 Å². The number of anilines is 1. The van der Waals surface area contributed by atoms with E-state index >= 15 is 0 Å². The molecule has 1 N–H and O–H groups in total. The molecule has 0 fully saturated rings. The Labute approximate surface area is 144 Å². The summed E-state index contributed by atoms with van der Waals surface area (Å²) in [4.78, 5) is 12.1. The molecule has 0 atom stereocenters. The maximum atomic E-state index is 13.7. The minimum absolute atomic E-state index is 0.0329. The number of amides is 1. The molecule has 6 heteroatoms. The molecule has 0 bridgehead atoms. The van der Waals surface area contributed by atoms with Crippen LogP contribution in [0.3, 0.4) is 0 Å². The third kappa shape index (κ3) is 4.23. The van der Waals surface area contributed by atoms with E-state index in [0.29, 0.717) is 29.3 Å². The number of halogens is 1. The molecular formula is C19H17FN2O3. The zero-order valence-electron chi connectivity index (χ0n) is 13.7. The Morgan fingerprint density at radius 1 is 1.20 bits per heavy atom. The van der Waals surface area contributed by atoms with Crippen LogP contribution in [0.15, 0.2) is 59.1 Å². The van der Waals surface area contributed by atoms with Gasteiger partial charge >= 0.3 is 0 Å². The van der Waals surface area contributed by atoms with Crippen molar-refractivity contribution in [1.29, 1.82) is 0 Å². The van der Waals surface area contributed by atoms with Crippen LogP contribution < -0.4 is 10.1 Å². The molecule has 0 aliphatic heterocycles. The molecular weight excluding hydrogens is 323 g/mol. The van der Waals surface area contributed by atoms with Crippen molar-refractivity contribution in [3.05, 3.63) is 66.1 Å². The summed E-state index contributed by atoms with van der Waals surface area (Å²) in [6, 6.07) is 14.9. The van der Waals surface area contributed by atoms with Gasteiger partial charge < -0.3 is 14.6 Å². The molecule has 0 radical (unpaired) electrons. The number of nitrogens with zero attached hydrogens (tertiary/aromatic N) is 1. The van der Waals surface area contributed by atoms with E-state index < -0.39 is 5.82 Å². The minimum atomic E-state index is -0.399. The van der Waals surface area contributed by atoms with Crippen LogP contribution in [0.25, 0.3) is 11.3 Å². The smallest absolute Gasteiger partial charge is 0.230 e. The molecule has 2 aromatic carbocycles. The number of carbonyl (C=O) groups excluding carboxylic acids is 1. The number of aromatic nitrogens is 1. The Bertz CT molecular complexity index is 859. The molecule has 0 saturated carbocycles. The van der Waals surface area contributed by atoms with Crippen molar-refractivity contribution in [3.63, 3.8) is 0 Å². The first-order valence-electron chi connectivity index (χ1n) is 7.89. The van der Waals surface area contributed by atoms with E-state index in [9.17, 15) is 9.18 Å². The number of ether oxygens (including phenoxy) is 1. The molecule has 0 saturated heterocycles. The first-order chi connectivity index (χ1) is 12.2. The Morgan fingerprint density at radius 2 is 1.96 bits per heavy atom. The van der Waals surface area contributed by atoms with E-state index in [2.05, 4.69) is 10.5 Å². The number of carbonyl (C=O) groups is 1. The molecule has 25 heavy (non-hydrogen) atoms. The van der Waals surface area contributed by atoms with E-state index in [4.69, 9.17) is 9.26 Å². The molecule has 1 heterocycles. The van der Waals surface area contributed by atoms with Crippen LogP contribution in [0.1, 0.15) is 12.6 Å². The monoisotopic (exact) mass is 340 g/mol. The second kappa shape index (κ2) is 7.61. The van der Waals surface area contributed by atoms with Gasteiger partial charge in [0, 0.05) is 11.8 Å². The third-order valence-corrected chi connectivity index (χ3v) is 3.49. The predicted octanol–water partition coefficient (Wildman–Crippen LogP) is 4.06. The zero-order valence-corrected chi connectivity index (χ0v) is 13.7. The number of nitrogens with one attached hydrogen (secondary N) is 1. The summed E-state index contributed by atoms with van der Waals surface area (Å²) < 4.78 is 24.2. The quantitative estimate of drug-likeness (QED) is 0.735. The summed E-state index contributed by atoms with van der Waals surface area (Å²) in [5.41, 5.74) is 1.40. The Morgan fingerprint density at radius 3 is 2.68 bits per heavy atom. The van der Waals surface area contributed by atoms with Gasteiger partial charge in [0.05, 0.1) is 24.3 Å².